The molecule has 1 aromatic heterocycles. The van der Waals surface area contributed by atoms with Gasteiger partial charge in [-0.05, 0) is 31.0 Å². The molecule has 0 unspecified atom stereocenters. The molecule has 1 heteroatoms. The summed E-state index contributed by atoms with van der Waals surface area (Å²) in [6.45, 7) is -0.319. The molecule has 0 bridgehead atoms. The molecule has 0 aliphatic heterocycles. The second kappa shape index (κ2) is 3.62. The maximum atomic E-state index is 7.48. The van der Waals surface area contributed by atoms with Gasteiger partial charge in [-0.1, -0.05) is 30.3 Å². The van der Waals surface area contributed by atoms with E-state index in [2.05, 4.69) is 4.98 Å². The topological polar surface area (TPSA) is 12.9 Å². The number of rotatable bonds is 1. The number of hydrogen-bond acceptors (Lipinski definition) is 1. The lowest BCUT2D eigenvalue weighted by Crippen LogP contribution is -1.87. The second-order valence-corrected chi connectivity index (χ2v) is 3.25. The van der Waals surface area contributed by atoms with Gasteiger partial charge in [0.15, 0.2) is 0 Å². The standard InChI is InChI=1S/C13H13N/c1-10-8-13(14-9-11(10)2)12-6-4-3-5-7-12/h3-9H,1-2H3/i1D3. The van der Waals surface area contributed by atoms with Gasteiger partial charge in [0.2, 0.25) is 0 Å². The van der Waals surface area contributed by atoms with Gasteiger partial charge in [0, 0.05) is 15.9 Å². The Bertz CT molecular complexity index is 518. The van der Waals surface area contributed by atoms with Gasteiger partial charge in [0.05, 0.1) is 5.69 Å². The Morgan fingerprint density at radius 2 is 1.93 bits per heavy atom. The first-order valence-corrected chi connectivity index (χ1v) is 4.51. The highest BCUT2D eigenvalue weighted by molar-refractivity contribution is 5.59. The molecule has 0 fully saturated rings. The fourth-order valence-electron chi connectivity index (χ4n) is 1.29. The van der Waals surface area contributed by atoms with Crippen molar-refractivity contribution in [1.29, 1.82) is 0 Å². The molecule has 0 aliphatic carbocycles. The molecule has 0 saturated carbocycles. The number of hydrogen-bond donors (Lipinski definition) is 0. The van der Waals surface area contributed by atoms with Gasteiger partial charge in [-0.2, -0.15) is 0 Å². The highest BCUT2D eigenvalue weighted by Gasteiger charge is 1.99. The van der Waals surface area contributed by atoms with Gasteiger partial charge >= 0.3 is 0 Å². The van der Waals surface area contributed by atoms with Crippen molar-refractivity contribution in [2.24, 2.45) is 0 Å². The molecule has 70 valence electrons. The molecule has 2 aromatic rings. The second-order valence-electron chi connectivity index (χ2n) is 3.25. The first-order chi connectivity index (χ1) is 7.98. The first kappa shape index (κ1) is 5.97. The number of benzene rings is 1. The quantitative estimate of drug-likeness (QED) is 0.665. The monoisotopic (exact) mass is 186 g/mol. The average molecular weight is 186 g/mol. The van der Waals surface area contributed by atoms with Gasteiger partial charge in [-0.25, -0.2) is 0 Å². The summed E-state index contributed by atoms with van der Waals surface area (Å²) in [5, 5.41) is 0. The third-order valence-corrected chi connectivity index (χ3v) is 2.17. The van der Waals surface area contributed by atoms with E-state index in [1.807, 2.05) is 30.3 Å². The minimum atomic E-state index is -2.09. The van der Waals surface area contributed by atoms with Crippen molar-refractivity contribution in [2.75, 3.05) is 0 Å². The lowest BCUT2D eigenvalue weighted by molar-refractivity contribution is 1.22. The van der Waals surface area contributed by atoms with Crippen molar-refractivity contribution in [1.82, 2.24) is 4.98 Å². The summed E-state index contributed by atoms with van der Waals surface area (Å²) < 4.78 is 22.4. The lowest BCUT2D eigenvalue weighted by atomic mass is 10.1. The SMILES string of the molecule is [2H]C([2H])([2H])c1cc(-c2ccccc2)ncc1C. The van der Waals surface area contributed by atoms with Crippen LogP contribution < -0.4 is 0 Å². The van der Waals surface area contributed by atoms with E-state index in [1.165, 1.54) is 0 Å². The van der Waals surface area contributed by atoms with Gasteiger partial charge in [-0.15, -0.1) is 0 Å². The Balaban J connectivity index is 2.53. The van der Waals surface area contributed by atoms with E-state index in [1.54, 1.807) is 19.2 Å². The zero-order chi connectivity index (χ0) is 12.5. The molecule has 0 spiro atoms. The minimum absolute atomic E-state index is 0.367. The van der Waals surface area contributed by atoms with Crippen molar-refractivity contribution < 1.29 is 4.11 Å². The van der Waals surface area contributed by atoms with Gasteiger partial charge in [-0.3, -0.25) is 4.98 Å². The summed E-state index contributed by atoms with van der Waals surface area (Å²) in [5.74, 6) is 0. The molecule has 1 nitrogen and oxygen atoms in total. The maximum absolute atomic E-state index is 7.48. The van der Waals surface area contributed by atoms with Crippen LogP contribution in [0, 0.1) is 13.8 Å². The molecule has 0 aliphatic rings. The van der Waals surface area contributed by atoms with Crippen LogP contribution in [0.1, 0.15) is 15.2 Å². The number of nitrogens with zero attached hydrogens (tertiary/aromatic N) is 1. The Morgan fingerprint density at radius 1 is 1.14 bits per heavy atom. The van der Waals surface area contributed by atoms with E-state index in [9.17, 15) is 0 Å². The lowest BCUT2D eigenvalue weighted by Gasteiger charge is -2.03. The zero-order valence-corrected chi connectivity index (χ0v) is 7.99. The third kappa shape index (κ3) is 1.67. The van der Waals surface area contributed by atoms with Crippen molar-refractivity contribution in [3.8, 4) is 11.3 Å². The van der Waals surface area contributed by atoms with E-state index in [0.717, 1.165) is 5.56 Å². The van der Waals surface area contributed by atoms with Crippen molar-refractivity contribution >= 4 is 0 Å². The minimum Gasteiger partial charge on any atom is -0.256 e. The Hall–Kier alpha value is -1.63. The maximum Gasteiger partial charge on any atom is 0.0704 e. The highest BCUT2D eigenvalue weighted by atomic mass is 14.7. The van der Waals surface area contributed by atoms with E-state index in [-0.39, 0.29) is 0 Å². The van der Waals surface area contributed by atoms with Crippen LogP contribution in [0.2, 0.25) is 0 Å². The normalized spacial score (nSPS) is 14.2. The Morgan fingerprint density at radius 3 is 2.64 bits per heavy atom. The molecular formula is C13H13N. The molecule has 0 N–H and O–H groups in total. The number of aromatic nitrogens is 1. The third-order valence-electron chi connectivity index (χ3n) is 2.17. The van der Waals surface area contributed by atoms with Gasteiger partial charge < -0.3 is 0 Å². The van der Waals surface area contributed by atoms with E-state index >= 15 is 0 Å². The van der Waals surface area contributed by atoms with Crippen LogP contribution in [-0.2, 0) is 0 Å². The first-order valence-electron chi connectivity index (χ1n) is 6.01. The molecular weight excluding hydrogens is 170 g/mol. The molecule has 1 heterocycles. The van der Waals surface area contributed by atoms with E-state index in [0.29, 0.717) is 16.8 Å². The fourth-order valence-corrected chi connectivity index (χ4v) is 1.29. The number of aryl methyl sites for hydroxylation is 2. The van der Waals surface area contributed by atoms with Crippen LogP contribution in [0.4, 0.5) is 0 Å². The molecule has 0 radical (unpaired) electrons. The van der Waals surface area contributed by atoms with E-state index < -0.39 is 6.85 Å². The van der Waals surface area contributed by atoms with Gasteiger partial charge in [0.25, 0.3) is 0 Å². The summed E-state index contributed by atoms with van der Waals surface area (Å²) in [6, 6.07) is 11.2. The van der Waals surface area contributed by atoms with E-state index in [4.69, 9.17) is 4.11 Å². The highest BCUT2D eigenvalue weighted by Crippen LogP contribution is 2.18. The largest absolute Gasteiger partial charge is 0.256 e. The van der Waals surface area contributed by atoms with Crippen LogP contribution in [0.15, 0.2) is 42.6 Å². The predicted octanol–water partition coefficient (Wildman–Crippen LogP) is 3.37. The summed E-state index contributed by atoms with van der Waals surface area (Å²) in [6.07, 6.45) is 1.62. The molecule has 1 aromatic carbocycles. The molecule has 2 rings (SSSR count). The van der Waals surface area contributed by atoms with Gasteiger partial charge in [0.1, 0.15) is 0 Å². The zero-order valence-electron chi connectivity index (χ0n) is 11.0. The predicted molar refractivity (Wildman–Crippen MR) is 59.1 cm³/mol. The molecule has 14 heavy (non-hydrogen) atoms. The fraction of sp³-hybridized carbons (Fsp3) is 0.154. The molecule has 0 amide bonds. The number of pyridine rings is 1. The van der Waals surface area contributed by atoms with Crippen molar-refractivity contribution in [3.05, 3.63) is 53.7 Å². The summed E-state index contributed by atoms with van der Waals surface area (Å²) >= 11 is 0. The van der Waals surface area contributed by atoms with Crippen LogP contribution >= 0.6 is 0 Å². The Labute approximate surface area is 88.7 Å². The summed E-state index contributed by atoms with van der Waals surface area (Å²) in [4.78, 5) is 4.27. The molecule has 0 atom stereocenters. The van der Waals surface area contributed by atoms with Crippen LogP contribution in [0.3, 0.4) is 0 Å². The van der Waals surface area contributed by atoms with Crippen molar-refractivity contribution in [2.45, 2.75) is 13.8 Å². The van der Waals surface area contributed by atoms with Crippen LogP contribution in [-0.4, -0.2) is 4.98 Å². The summed E-state index contributed by atoms with van der Waals surface area (Å²) in [7, 11) is 0. The van der Waals surface area contributed by atoms with Crippen LogP contribution in [0.5, 0.6) is 0 Å². The smallest absolute Gasteiger partial charge is 0.0704 e. The van der Waals surface area contributed by atoms with Crippen LogP contribution in [0.25, 0.3) is 11.3 Å². The average Bonchev–Trinajstić information content (AvgIpc) is 2.29. The molecule has 0 saturated heterocycles. The Kier molecular flexibility index (Phi) is 1.54. The summed E-state index contributed by atoms with van der Waals surface area (Å²) in [5.41, 5.74) is 2.69. The van der Waals surface area contributed by atoms with Crippen molar-refractivity contribution in [3.63, 3.8) is 0 Å².